The van der Waals surface area contributed by atoms with Gasteiger partial charge in [-0.15, -0.1) is 13.2 Å². The fraction of sp³-hybridized carbons (Fsp3) is 0.0357. The van der Waals surface area contributed by atoms with E-state index in [0.29, 0.717) is 6.07 Å². The molecule has 0 saturated carbocycles. The molecule has 42 heavy (non-hydrogen) atoms. The Balaban J connectivity index is 1.57. The smallest absolute Gasteiger partial charge is 0.420 e. The van der Waals surface area contributed by atoms with Crippen molar-refractivity contribution in [3.63, 3.8) is 0 Å². The van der Waals surface area contributed by atoms with Gasteiger partial charge in [0.1, 0.15) is 11.6 Å². The Morgan fingerprint density at radius 1 is 0.595 bits per heavy atom. The van der Waals surface area contributed by atoms with Crippen LogP contribution in [0, 0.1) is 29.1 Å². The standard InChI is InChI=1S/C28H11F11O3/c29-17-7-14(5-6-22(17)41-27(40)16-10-20(32)25(21(33)11-16)42-28(37,38)39)23-18(30)8-15(9-19(23)31)12-1-3-13(4-2-12)24(34)26(35)36/h1-11H. The van der Waals surface area contributed by atoms with E-state index >= 15 is 0 Å². The van der Waals surface area contributed by atoms with Gasteiger partial charge in [0.05, 0.1) is 11.1 Å². The molecule has 0 aliphatic heterocycles. The number of carbonyl (C=O) groups excluding carboxylic acids is 1. The van der Waals surface area contributed by atoms with Gasteiger partial charge >= 0.3 is 18.4 Å². The Kier molecular flexibility index (Phi) is 8.27. The molecular formula is C28H11F11O3. The van der Waals surface area contributed by atoms with E-state index < -0.39 is 81.5 Å². The molecule has 0 spiro atoms. The first-order chi connectivity index (χ1) is 19.6. The lowest BCUT2D eigenvalue weighted by Crippen LogP contribution is -2.19. The molecule has 0 bridgehead atoms. The predicted octanol–water partition coefficient (Wildman–Crippen LogP) is 9.37. The number of benzene rings is 4. The number of hydrogen-bond donors (Lipinski definition) is 0. The molecule has 0 aromatic heterocycles. The van der Waals surface area contributed by atoms with Crippen LogP contribution in [0.15, 0.2) is 72.8 Å². The molecular weight excluding hydrogens is 593 g/mol. The zero-order chi connectivity index (χ0) is 30.9. The van der Waals surface area contributed by atoms with Crippen molar-refractivity contribution in [2.24, 2.45) is 0 Å². The minimum absolute atomic E-state index is 0.0671. The highest BCUT2D eigenvalue weighted by molar-refractivity contribution is 5.91. The van der Waals surface area contributed by atoms with Crippen LogP contribution in [0.2, 0.25) is 0 Å². The number of esters is 1. The summed E-state index contributed by atoms with van der Waals surface area (Å²) in [5, 5.41) is 0. The topological polar surface area (TPSA) is 35.5 Å². The fourth-order valence-electron chi connectivity index (χ4n) is 3.72. The Morgan fingerprint density at radius 2 is 1.12 bits per heavy atom. The molecule has 0 atom stereocenters. The summed E-state index contributed by atoms with van der Waals surface area (Å²) in [4.78, 5) is 12.2. The lowest BCUT2D eigenvalue weighted by Gasteiger charge is -2.12. The Morgan fingerprint density at radius 3 is 1.62 bits per heavy atom. The lowest BCUT2D eigenvalue weighted by molar-refractivity contribution is -0.276. The van der Waals surface area contributed by atoms with E-state index in [1.165, 1.54) is 0 Å². The van der Waals surface area contributed by atoms with E-state index in [-0.39, 0.29) is 28.8 Å². The maximum absolute atomic E-state index is 14.9. The molecule has 0 N–H and O–H groups in total. The summed E-state index contributed by atoms with van der Waals surface area (Å²) >= 11 is 0. The predicted molar refractivity (Wildman–Crippen MR) is 125 cm³/mol. The first-order valence-corrected chi connectivity index (χ1v) is 11.2. The zero-order valence-corrected chi connectivity index (χ0v) is 20.2. The van der Waals surface area contributed by atoms with Crippen LogP contribution in [-0.2, 0) is 0 Å². The second-order valence-corrected chi connectivity index (χ2v) is 8.32. The normalized spacial score (nSPS) is 11.3. The highest BCUT2D eigenvalue weighted by Crippen LogP contribution is 2.35. The number of ether oxygens (including phenoxy) is 2. The summed E-state index contributed by atoms with van der Waals surface area (Å²) in [6.07, 6.45) is -7.98. The van der Waals surface area contributed by atoms with Crippen LogP contribution in [0.25, 0.3) is 28.1 Å². The van der Waals surface area contributed by atoms with Gasteiger partial charge in [-0.3, -0.25) is 0 Å². The SMILES string of the molecule is O=C(Oc1ccc(-c2c(F)cc(-c3ccc(C(F)=C(F)F)cc3)cc2F)cc1F)c1cc(F)c(OC(F)(F)F)c(F)c1. The molecule has 4 rings (SSSR count). The summed E-state index contributed by atoms with van der Waals surface area (Å²) in [7, 11) is 0. The van der Waals surface area contributed by atoms with Crippen molar-refractivity contribution in [1.82, 2.24) is 0 Å². The maximum Gasteiger partial charge on any atom is 0.573 e. The quantitative estimate of drug-likeness (QED) is 0.125. The monoisotopic (exact) mass is 604 g/mol. The molecule has 0 aliphatic carbocycles. The molecule has 14 heteroatoms. The van der Waals surface area contributed by atoms with Gasteiger partial charge in [0.2, 0.25) is 5.75 Å². The minimum atomic E-state index is -5.43. The van der Waals surface area contributed by atoms with Crippen molar-refractivity contribution in [3.05, 3.63) is 113 Å². The molecule has 218 valence electrons. The van der Waals surface area contributed by atoms with E-state index in [2.05, 4.69) is 9.47 Å². The zero-order valence-electron chi connectivity index (χ0n) is 20.2. The first kappa shape index (κ1) is 30.1. The second-order valence-electron chi connectivity index (χ2n) is 8.32. The van der Waals surface area contributed by atoms with Gasteiger partial charge in [0, 0.05) is 5.56 Å². The third kappa shape index (κ3) is 6.53. The highest BCUT2D eigenvalue weighted by atomic mass is 19.4. The average molecular weight is 604 g/mol. The molecule has 0 fully saturated rings. The average Bonchev–Trinajstić information content (AvgIpc) is 2.90. The van der Waals surface area contributed by atoms with Gasteiger partial charge in [-0.25, -0.2) is 31.1 Å². The summed E-state index contributed by atoms with van der Waals surface area (Å²) in [6, 6.07) is 8.49. The van der Waals surface area contributed by atoms with E-state index in [1.807, 2.05) is 0 Å². The molecule has 0 amide bonds. The number of alkyl halides is 3. The number of hydrogen-bond acceptors (Lipinski definition) is 3. The van der Waals surface area contributed by atoms with E-state index in [0.717, 1.165) is 48.5 Å². The number of carbonyl (C=O) groups is 1. The van der Waals surface area contributed by atoms with Crippen LogP contribution in [0.1, 0.15) is 15.9 Å². The second kappa shape index (κ2) is 11.5. The summed E-state index contributed by atoms with van der Waals surface area (Å²) in [5.41, 5.74) is -2.43. The van der Waals surface area contributed by atoms with Crippen molar-refractivity contribution in [3.8, 4) is 33.8 Å². The third-order valence-corrected chi connectivity index (χ3v) is 5.55. The van der Waals surface area contributed by atoms with E-state index in [9.17, 15) is 53.1 Å². The molecule has 3 nitrogen and oxygen atoms in total. The van der Waals surface area contributed by atoms with E-state index in [4.69, 9.17) is 0 Å². The van der Waals surface area contributed by atoms with Gasteiger partial charge < -0.3 is 9.47 Å². The van der Waals surface area contributed by atoms with Crippen LogP contribution in [0.5, 0.6) is 11.5 Å². The van der Waals surface area contributed by atoms with Crippen molar-refractivity contribution in [2.75, 3.05) is 0 Å². The Bertz CT molecular complexity index is 1660. The molecule has 4 aromatic rings. The summed E-state index contributed by atoms with van der Waals surface area (Å²) < 4.78 is 155. The van der Waals surface area contributed by atoms with Crippen LogP contribution in [0.3, 0.4) is 0 Å². The number of rotatable bonds is 6. The van der Waals surface area contributed by atoms with Crippen molar-refractivity contribution in [2.45, 2.75) is 6.36 Å². The van der Waals surface area contributed by atoms with Gasteiger partial charge in [-0.2, -0.15) is 8.78 Å². The summed E-state index contributed by atoms with van der Waals surface area (Å²) in [5.74, 6) is -13.6. The molecule has 0 heterocycles. The molecule has 0 saturated heterocycles. The van der Waals surface area contributed by atoms with Crippen molar-refractivity contribution < 1.29 is 62.6 Å². The van der Waals surface area contributed by atoms with E-state index in [1.54, 1.807) is 0 Å². The molecule has 0 unspecified atom stereocenters. The van der Waals surface area contributed by atoms with Crippen LogP contribution < -0.4 is 9.47 Å². The highest BCUT2D eigenvalue weighted by Gasteiger charge is 2.34. The van der Waals surface area contributed by atoms with Crippen molar-refractivity contribution in [1.29, 1.82) is 0 Å². The third-order valence-electron chi connectivity index (χ3n) is 5.55. The van der Waals surface area contributed by atoms with Crippen molar-refractivity contribution >= 4 is 11.8 Å². The minimum Gasteiger partial charge on any atom is -0.420 e. The van der Waals surface area contributed by atoms with Gasteiger partial charge in [0.25, 0.3) is 0 Å². The van der Waals surface area contributed by atoms with Gasteiger partial charge in [0.15, 0.2) is 29.0 Å². The first-order valence-electron chi connectivity index (χ1n) is 11.2. The summed E-state index contributed by atoms with van der Waals surface area (Å²) in [6.45, 7) is 0. The fourth-order valence-corrected chi connectivity index (χ4v) is 3.72. The van der Waals surface area contributed by atoms with Gasteiger partial charge in [-0.1, -0.05) is 30.3 Å². The lowest BCUT2D eigenvalue weighted by atomic mass is 9.98. The maximum atomic E-state index is 14.9. The molecule has 0 radical (unpaired) electrons. The largest absolute Gasteiger partial charge is 0.573 e. The van der Waals surface area contributed by atoms with Crippen LogP contribution >= 0.6 is 0 Å². The number of halogens is 11. The van der Waals surface area contributed by atoms with Gasteiger partial charge in [-0.05, 0) is 53.1 Å². The Hall–Kier alpha value is -4.88. The van der Waals surface area contributed by atoms with Crippen LogP contribution in [-0.4, -0.2) is 12.3 Å². The molecule has 4 aromatic carbocycles. The Labute approximate surface area is 228 Å². The molecule has 0 aliphatic rings. The van der Waals surface area contributed by atoms with Crippen LogP contribution in [0.4, 0.5) is 48.3 Å².